The van der Waals surface area contributed by atoms with Gasteiger partial charge in [-0.25, -0.2) is 22.9 Å². The van der Waals surface area contributed by atoms with Gasteiger partial charge in [0.2, 0.25) is 0 Å². The lowest BCUT2D eigenvalue weighted by Gasteiger charge is -2.40. The van der Waals surface area contributed by atoms with Crippen molar-refractivity contribution in [3.63, 3.8) is 0 Å². The fourth-order valence-electron chi connectivity index (χ4n) is 12.9. The second-order valence-electron chi connectivity index (χ2n) is 27.1. The van der Waals surface area contributed by atoms with Crippen LogP contribution >= 0.6 is 46.4 Å². The number of carbonyl (C=O) groups excluding carboxylic acids is 1. The van der Waals surface area contributed by atoms with Crippen LogP contribution in [0.2, 0.25) is 20.1 Å². The molecule has 2 aliphatic heterocycles. The zero-order valence-corrected chi connectivity index (χ0v) is 58.5. The number of rotatable bonds is 16. The third-order valence-corrected chi connectivity index (χ3v) is 19.4. The van der Waals surface area contributed by atoms with E-state index in [4.69, 9.17) is 51.5 Å². The van der Waals surface area contributed by atoms with E-state index in [0.29, 0.717) is 78.7 Å². The van der Waals surface area contributed by atoms with Crippen LogP contribution in [0, 0.1) is 34.3 Å². The fourth-order valence-corrected chi connectivity index (χ4v) is 13.8. The number of nitrogens with zero attached hydrogens (tertiary/aromatic N) is 13. The highest BCUT2D eigenvalue weighted by atomic mass is 35.5. The number of nitrogens with one attached hydrogen (secondary N) is 2. The number of anilines is 4. The van der Waals surface area contributed by atoms with Crippen molar-refractivity contribution in [2.24, 2.45) is 0 Å². The molecule has 3 N–H and O–H groups in total. The number of halogens is 6. The predicted molar refractivity (Wildman–Crippen MR) is 381 cm³/mol. The molecule has 24 heteroatoms. The molecule has 18 nitrogen and oxygen atoms in total. The molecule has 2 atom stereocenters. The minimum absolute atomic E-state index is 0.0452. The molecule has 6 heterocycles. The Morgan fingerprint density at radius 3 is 1.38 bits per heavy atom. The number of nitriles is 2. The second-order valence-corrected chi connectivity index (χ2v) is 28.7. The summed E-state index contributed by atoms with van der Waals surface area (Å²) in [5, 5.41) is 56.6. The number of benzene rings is 6. The normalized spacial score (nSPS) is 14.9. The van der Waals surface area contributed by atoms with Crippen LogP contribution in [-0.4, -0.2) is 123 Å². The molecule has 6 aromatic carbocycles. The minimum Gasteiger partial charge on any atom is -0.478 e. The number of carboxylic acids is 1. The third kappa shape index (κ3) is 15.9. The molecule has 2 aliphatic rings. The van der Waals surface area contributed by atoms with Crippen molar-refractivity contribution in [2.75, 3.05) is 50.9 Å². The van der Waals surface area contributed by atoms with Crippen molar-refractivity contribution < 1.29 is 23.5 Å². The molecule has 1 amide bonds. The molecule has 2 fully saturated rings. The van der Waals surface area contributed by atoms with E-state index in [-0.39, 0.29) is 67.6 Å². The Morgan fingerprint density at radius 1 is 0.592 bits per heavy atom. The summed E-state index contributed by atoms with van der Waals surface area (Å²) in [4.78, 5) is 40.4. The van der Waals surface area contributed by atoms with Gasteiger partial charge in [-0.05, 0) is 187 Å². The minimum atomic E-state index is -1.02. The molecule has 4 aromatic heterocycles. The maximum Gasteiger partial charge on any atom is 0.335 e. The molecule has 2 saturated heterocycles. The smallest absolute Gasteiger partial charge is 0.335 e. The Bertz CT molecular complexity index is 4730. The summed E-state index contributed by atoms with van der Waals surface area (Å²) in [6.07, 6.45) is 11.6. The first kappa shape index (κ1) is 70.2. The zero-order chi connectivity index (χ0) is 69.9. The van der Waals surface area contributed by atoms with Crippen LogP contribution in [0.15, 0.2) is 134 Å². The first-order valence-electron chi connectivity index (χ1n) is 32.2. The van der Waals surface area contributed by atoms with Gasteiger partial charge in [0.1, 0.15) is 23.8 Å². The molecule has 0 spiro atoms. The highest BCUT2D eigenvalue weighted by molar-refractivity contribution is 6.36. The third-order valence-electron chi connectivity index (χ3n) is 18.3. The maximum atomic E-state index is 13.9. The highest BCUT2D eigenvalue weighted by Gasteiger charge is 2.32. The van der Waals surface area contributed by atoms with E-state index in [0.717, 1.165) is 79.8 Å². The first-order chi connectivity index (χ1) is 46.7. The topological polar surface area (TPSA) is 223 Å². The molecule has 0 aliphatic carbocycles. The van der Waals surface area contributed by atoms with Crippen molar-refractivity contribution in [3.8, 4) is 12.1 Å². The van der Waals surface area contributed by atoms with Crippen LogP contribution in [0.5, 0.6) is 0 Å². The number of likely N-dealkylation sites (tertiary alicyclic amines) is 2. The number of pyridine rings is 2. The van der Waals surface area contributed by atoms with Crippen LogP contribution in [-0.2, 0) is 12.8 Å². The van der Waals surface area contributed by atoms with Gasteiger partial charge in [-0.3, -0.25) is 24.6 Å². The lowest BCUT2D eigenvalue weighted by atomic mass is 9.88. The molecule has 12 rings (SSSR count). The molecule has 98 heavy (non-hydrogen) atoms. The number of carbonyl (C=O) groups is 2. The summed E-state index contributed by atoms with van der Waals surface area (Å²) in [6, 6.07) is 35.3. The summed E-state index contributed by atoms with van der Waals surface area (Å²) in [6.45, 7) is 17.3. The van der Waals surface area contributed by atoms with E-state index < -0.39 is 17.6 Å². The van der Waals surface area contributed by atoms with Gasteiger partial charge < -0.3 is 20.6 Å². The molecule has 504 valence electrons. The van der Waals surface area contributed by atoms with Gasteiger partial charge in [0.05, 0.1) is 82.7 Å². The van der Waals surface area contributed by atoms with E-state index in [2.05, 4.69) is 99.6 Å². The Morgan fingerprint density at radius 2 is 1.00 bits per heavy atom. The van der Waals surface area contributed by atoms with E-state index >= 15 is 0 Å². The summed E-state index contributed by atoms with van der Waals surface area (Å²) in [7, 11) is 3.46. The zero-order valence-electron chi connectivity index (χ0n) is 55.4. The van der Waals surface area contributed by atoms with Gasteiger partial charge in [0.15, 0.2) is 0 Å². The molecular weight excluding hydrogens is 1330 g/mol. The van der Waals surface area contributed by atoms with Crippen molar-refractivity contribution in [1.82, 2.24) is 54.7 Å². The van der Waals surface area contributed by atoms with Crippen LogP contribution in [0.4, 0.5) is 31.5 Å². The van der Waals surface area contributed by atoms with Crippen LogP contribution < -0.4 is 10.6 Å². The van der Waals surface area contributed by atoms with Crippen molar-refractivity contribution in [3.05, 3.63) is 222 Å². The first-order valence-corrected chi connectivity index (χ1v) is 33.7. The number of fused-ring (bicyclic) bond motifs is 2. The highest BCUT2D eigenvalue weighted by Crippen LogP contribution is 2.41. The number of hydrogen-bond acceptors (Lipinski definition) is 14. The molecule has 0 radical (unpaired) electrons. The molecule has 0 bridgehead atoms. The number of piperidine rings is 2. The quantitative estimate of drug-likeness (QED) is 0.0818. The number of carboxylic acid groups (broad SMARTS) is 1. The molecular formula is C74H73Cl4F2N15O3. The van der Waals surface area contributed by atoms with Crippen molar-refractivity contribution >= 4 is 103 Å². The van der Waals surface area contributed by atoms with Gasteiger partial charge >= 0.3 is 5.97 Å². The average Bonchev–Trinajstić information content (AvgIpc) is 0.803. The van der Waals surface area contributed by atoms with Crippen LogP contribution in [0.1, 0.15) is 157 Å². The van der Waals surface area contributed by atoms with E-state index in [9.17, 15) is 34.0 Å². The summed E-state index contributed by atoms with van der Waals surface area (Å²) >= 11 is 25.8. The SMILES string of the molecule is CC(C)(C)N1CCC(n2cc([C@@H](Cc3cc(Cl)c4ncc(C#N)c(Nc5ccc(F)c(Cl)c5)c4c3)c3cccc(C(=O)O)c3)nn2)CC1.CN(C)C(=O)c1cccc([C@H](Cc2cc(Cl)c3ncc(C#N)c(Nc4ccc(F)c(Cl)c4)c3c2)c2cn(C3CCN(C(C)(C)C)CC3)nn2)c1. The predicted octanol–water partition coefficient (Wildman–Crippen LogP) is 16.8. The fraction of sp³-hybridized carbons (Fsp3) is 0.324. The van der Waals surface area contributed by atoms with Crippen molar-refractivity contribution in [1.29, 1.82) is 10.5 Å². The number of aromatic carboxylic acids is 1. The number of amides is 1. The Kier molecular flexibility index (Phi) is 21.2. The summed E-state index contributed by atoms with van der Waals surface area (Å²) in [5.74, 6) is -2.86. The van der Waals surface area contributed by atoms with Crippen LogP contribution in [0.25, 0.3) is 21.8 Å². The lowest BCUT2D eigenvalue weighted by molar-refractivity contribution is 0.0696. The van der Waals surface area contributed by atoms with Gasteiger partial charge in [0, 0.05) is 116 Å². The average molecular weight is 1400 g/mol. The van der Waals surface area contributed by atoms with E-state index in [1.54, 1.807) is 43.3 Å². The standard InChI is InChI=1S/C38H39Cl2FN8O.C36H34Cl2FN7O2/c1-38(2,3)48-13-11-28(12-14-48)49-22-34(45-46-49)29(24-7-6-8-25(18-24)37(50)47(4)5)15-23-16-30-35(44-27-9-10-33(41)31(39)19-27)26(20-42)21-43-36(30)32(40)17-23;1-36(2,3)45-11-9-26(10-12-45)46-20-32(43-44-46)27(22-5-4-6-23(16-22)35(47)48)13-21-14-28-33(42-25-7-8-31(39)29(37)17-25)24(18-40)19-41-34(28)30(38)15-21/h6-10,16-19,21-22,28-29H,11-15H2,1-5H3,(H,43,44);4-8,14-17,19-20,26-27H,9-13H2,1-3H3,(H,41,42)(H,47,48)/t29-;27-/m00/s1. The molecule has 0 unspecified atom stereocenters. The Hall–Kier alpha value is -9.12. The summed E-state index contributed by atoms with van der Waals surface area (Å²) in [5.41, 5.74) is 9.25. The van der Waals surface area contributed by atoms with Gasteiger partial charge in [-0.2, -0.15) is 10.5 Å². The largest absolute Gasteiger partial charge is 0.478 e. The van der Waals surface area contributed by atoms with E-state index in [1.165, 1.54) is 42.7 Å². The van der Waals surface area contributed by atoms with Gasteiger partial charge in [-0.1, -0.05) is 81.1 Å². The monoisotopic (exact) mass is 1400 g/mol. The number of hydrogen-bond donors (Lipinski definition) is 3. The lowest BCUT2D eigenvalue weighted by Crippen LogP contribution is -2.46. The second kappa shape index (κ2) is 29.5. The Labute approximate surface area is 587 Å². The van der Waals surface area contributed by atoms with Gasteiger partial charge in [0.25, 0.3) is 5.91 Å². The summed E-state index contributed by atoms with van der Waals surface area (Å²) < 4.78 is 31.8. The molecule has 10 aromatic rings. The van der Waals surface area contributed by atoms with Crippen molar-refractivity contribution in [2.45, 2.75) is 115 Å². The van der Waals surface area contributed by atoms with Gasteiger partial charge in [-0.15, -0.1) is 10.2 Å². The molecule has 0 saturated carbocycles. The maximum absolute atomic E-state index is 13.9. The number of aromatic nitrogens is 8. The Balaban J connectivity index is 0.000000199. The van der Waals surface area contributed by atoms with Crippen LogP contribution in [0.3, 0.4) is 0 Å². The van der Waals surface area contributed by atoms with E-state index in [1.807, 2.05) is 76.4 Å².